The summed E-state index contributed by atoms with van der Waals surface area (Å²) in [6.45, 7) is 1.03. The second-order valence-corrected chi connectivity index (χ2v) is 5.69. The van der Waals surface area contributed by atoms with Crippen molar-refractivity contribution in [2.24, 2.45) is 5.41 Å². The van der Waals surface area contributed by atoms with Crippen LogP contribution in [0.2, 0.25) is 0 Å². The van der Waals surface area contributed by atoms with Gasteiger partial charge in [-0.05, 0) is 30.5 Å². The first-order valence-electron chi connectivity index (χ1n) is 7.01. The fraction of sp³-hybridized carbons (Fsp3) is 0.600. The molecule has 2 rings (SSSR count). The normalized spacial score (nSPS) is 19.2. The van der Waals surface area contributed by atoms with Gasteiger partial charge in [-0.25, -0.2) is 8.78 Å². The number of halogens is 2. The molecule has 0 heterocycles. The lowest BCUT2D eigenvalue weighted by atomic mass is 9.87. The van der Waals surface area contributed by atoms with Gasteiger partial charge < -0.3 is 15.5 Å². The van der Waals surface area contributed by atoms with Crippen LogP contribution in [0, 0.1) is 17.0 Å². The molecule has 1 unspecified atom stereocenters. The van der Waals surface area contributed by atoms with E-state index in [1.165, 1.54) is 6.07 Å². The minimum Gasteiger partial charge on any atom is -0.396 e. The maximum atomic E-state index is 13.1. The second-order valence-electron chi connectivity index (χ2n) is 5.69. The van der Waals surface area contributed by atoms with Crippen molar-refractivity contribution in [3.63, 3.8) is 0 Å². The SMILES string of the molecule is OCC1(CNCC(O)c2ccc(F)c(F)c2)CCCC1. The van der Waals surface area contributed by atoms with Crippen LogP contribution in [0.25, 0.3) is 0 Å². The van der Waals surface area contributed by atoms with Gasteiger partial charge >= 0.3 is 0 Å². The monoisotopic (exact) mass is 285 g/mol. The Balaban J connectivity index is 1.85. The van der Waals surface area contributed by atoms with Gasteiger partial charge in [0.1, 0.15) is 0 Å². The number of hydrogen-bond acceptors (Lipinski definition) is 3. The highest BCUT2D eigenvalue weighted by Crippen LogP contribution is 2.36. The third-order valence-electron chi connectivity index (χ3n) is 4.17. The number of rotatable bonds is 6. The zero-order valence-corrected chi connectivity index (χ0v) is 11.4. The highest BCUT2D eigenvalue weighted by molar-refractivity contribution is 5.20. The van der Waals surface area contributed by atoms with E-state index in [1.807, 2.05) is 0 Å². The molecule has 0 amide bonds. The fourth-order valence-electron chi connectivity index (χ4n) is 2.83. The Hall–Kier alpha value is -1.04. The first-order valence-corrected chi connectivity index (χ1v) is 7.01. The zero-order valence-electron chi connectivity index (χ0n) is 11.4. The van der Waals surface area contributed by atoms with Gasteiger partial charge in [-0.1, -0.05) is 18.9 Å². The summed E-state index contributed by atoms with van der Waals surface area (Å²) in [5, 5.41) is 22.5. The lowest BCUT2D eigenvalue weighted by molar-refractivity contribution is 0.117. The van der Waals surface area contributed by atoms with E-state index in [4.69, 9.17) is 0 Å². The van der Waals surface area contributed by atoms with Crippen molar-refractivity contribution in [2.75, 3.05) is 19.7 Å². The van der Waals surface area contributed by atoms with E-state index >= 15 is 0 Å². The van der Waals surface area contributed by atoms with Crippen molar-refractivity contribution in [3.8, 4) is 0 Å². The molecule has 0 saturated heterocycles. The predicted molar refractivity (Wildman–Crippen MR) is 72.2 cm³/mol. The van der Waals surface area contributed by atoms with Crippen molar-refractivity contribution in [2.45, 2.75) is 31.8 Å². The molecule has 0 aromatic heterocycles. The quantitative estimate of drug-likeness (QED) is 0.750. The van der Waals surface area contributed by atoms with Crippen LogP contribution in [0.5, 0.6) is 0 Å². The van der Waals surface area contributed by atoms with E-state index in [0.717, 1.165) is 37.8 Å². The first-order chi connectivity index (χ1) is 9.56. The van der Waals surface area contributed by atoms with Crippen LogP contribution in [-0.2, 0) is 0 Å². The zero-order chi connectivity index (χ0) is 14.6. The Labute approximate surface area is 117 Å². The molecule has 1 aromatic carbocycles. The van der Waals surface area contributed by atoms with Gasteiger partial charge in [0.15, 0.2) is 11.6 Å². The minimum absolute atomic E-state index is 0.0895. The predicted octanol–water partition coefficient (Wildman–Crippen LogP) is 2.14. The Morgan fingerprint density at radius 1 is 1.20 bits per heavy atom. The summed E-state index contributed by atoms with van der Waals surface area (Å²) in [5.41, 5.74) is 0.259. The molecule has 20 heavy (non-hydrogen) atoms. The molecule has 0 bridgehead atoms. The molecule has 1 saturated carbocycles. The van der Waals surface area contributed by atoms with Crippen LogP contribution in [0.4, 0.5) is 8.78 Å². The molecule has 1 aliphatic rings. The average Bonchev–Trinajstić information content (AvgIpc) is 2.91. The summed E-state index contributed by atoms with van der Waals surface area (Å²) >= 11 is 0. The number of aliphatic hydroxyl groups excluding tert-OH is 2. The van der Waals surface area contributed by atoms with Gasteiger partial charge in [0.05, 0.1) is 6.10 Å². The third kappa shape index (κ3) is 3.53. The second kappa shape index (κ2) is 6.61. The summed E-state index contributed by atoms with van der Waals surface area (Å²) in [6, 6.07) is 3.40. The number of nitrogens with one attached hydrogen (secondary N) is 1. The summed E-state index contributed by atoms with van der Waals surface area (Å²) in [4.78, 5) is 0. The third-order valence-corrected chi connectivity index (χ3v) is 4.17. The maximum Gasteiger partial charge on any atom is 0.159 e. The molecule has 0 spiro atoms. The van der Waals surface area contributed by atoms with Crippen LogP contribution in [0.1, 0.15) is 37.4 Å². The molecular formula is C15H21F2NO2. The molecule has 1 fully saturated rings. The number of benzene rings is 1. The number of hydrogen-bond donors (Lipinski definition) is 3. The lowest BCUT2D eigenvalue weighted by Crippen LogP contribution is -2.37. The molecule has 3 N–H and O–H groups in total. The van der Waals surface area contributed by atoms with Gasteiger partial charge in [0.25, 0.3) is 0 Å². The van der Waals surface area contributed by atoms with Crippen molar-refractivity contribution in [1.29, 1.82) is 0 Å². The van der Waals surface area contributed by atoms with Gasteiger partial charge in [-0.3, -0.25) is 0 Å². The van der Waals surface area contributed by atoms with Gasteiger partial charge in [-0.15, -0.1) is 0 Å². The van der Waals surface area contributed by atoms with E-state index < -0.39 is 17.7 Å². The molecule has 3 nitrogen and oxygen atoms in total. The summed E-state index contributed by atoms with van der Waals surface area (Å²) < 4.78 is 25.9. The molecule has 1 aliphatic carbocycles. The van der Waals surface area contributed by atoms with Gasteiger partial charge in [0.2, 0.25) is 0 Å². The number of aliphatic hydroxyl groups is 2. The highest BCUT2D eigenvalue weighted by atomic mass is 19.2. The molecule has 112 valence electrons. The fourth-order valence-corrected chi connectivity index (χ4v) is 2.83. The van der Waals surface area contributed by atoms with Crippen molar-refractivity contribution >= 4 is 0 Å². The highest BCUT2D eigenvalue weighted by Gasteiger charge is 2.32. The first kappa shape index (κ1) is 15.4. The maximum absolute atomic E-state index is 13.1. The molecule has 5 heteroatoms. The van der Waals surface area contributed by atoms with Gasteiger partial charge in [-0.2, -0.15) is 0 Å². The van der Waals surface area contributed by atoms with Crippen LogP contribution in [-0.4, -0.2) is 29.9 Å². The van der Waals surface area contributed by atoms with Crippen LogP contribution in [0.3, 0.4) is 0 Å². The smallest absolute Gasteiger partial charge is 0.159 e. The summed E-state index contributed by atoms with van der Waals surface area (Å²) in [5.74, 6) is -1.87. The van der Waals surface area contributed by atoms with E-state index in [2.05, 4.69) is 5.32 Å². The molecule has 1 atom stereocenters. The summed E-state index contributed by atoms with van der Waals surface area (Å²) in [6.07, 6.45) is 3.32. The lowest BCUT2D eigenvalue weighted by Gasteiger charge is -2.27. The molecule has 0 radical (unpaired) electrons. The van der Waals surface area contributed by atoms with E-state index in [9.17, 15) is 19.0 Å². The largest absolute Gasteiger partial charge is 0.396 e. The molecule has 1 aromatic rings. The van der Waals surface area contributed by atoms with Gasteiger partial charge in [0, 0.05) is 25.1 Å². The van der Waals surface area contributed by atoms with Crippen LogP contribution in [0.15, 0.2) is 18.2 Å². The average molecular weight is 285 g/mol. The minimum atomic E-state index is -0.954. The Kier molecular flexibility index (Phi) is 5.07. The van der Waals surface area contributed by atoms with Crippen molar-refractivity contribution in [3.05, 3.63) is 35.4 Å². The Bertz CT molecular complexity index is 447. The molecular weight excluding hydrogens is 264 g/mol. The standard InChI is InChI=1S/C15H21F2NO2/c16-12-4-3-11(7-13(12)17)14(20)8-18-9-15(10-19)5-1-2-6-15/h3-4,7,14,18-20H,1-2,5-6,8-10H2. The summed E-state index contributed by atoms with van der Waals surface area (Å²) in [7, 11) is 0. The van der Waals surface area contributed by atoms with Crippen molar-refractivity contribution in [1.82, 2.24) is 5.32 Å². The Morgan fingerprint density at radius 2 is 1.90 bits per heavy atom. The van der Waals surface area contributed by atoms with Crippen molar-refractivity contribution < 1.29 is 19.0 Å². The van der Waals surface area contributed by atoms with Crippen LogP contribution < -0.4 is 5.32 Å². The van der Waals surface area contributed by atoms with E-state index in [-0.39, 0.29) is 18.6 Å². The van der Waals surface area contributed by atoms with Crippen LogP contribution >= 0.6 is 0 Å². The van der Waals surface area contributed by atoms with E-state index in [1.54, 1.807) is 0 Å². The van der Waals surface area contributed by atoms with E-state index in [0.29, 0.717) is 12.1 Å². The topological polar surface area (TPSA) is 52.5 Å². The Morgan fingerprint density at radius 3 is 2.50 bits per heavy atom. The molecule has 0 aliphatic heterocycles.